The number of rotatable bonds is 7. The van der Waals surface area contributed by atoms with Crippen LogP contribution in [0.5, 0.6) is 0 Å². The summed E-state index contributed by atoms with van der Waals surface area (Å²) in [6.07, 6.45) is 3.17. The third-order valence-corrected chi connectivity index (χ3v) is 3.77. The maximum Gasteiger partial charge on any atom is 0.237 e. The van der Waals surface area contributed by atoms with Gasteiger partial charge in [-0.3, -0.25) is 9.69 Å². The van der Waals surface area contributed by atoms with E-state index in [2.05, 4.69) is 18.7 Å². The molecule has 0 aromatic rings. The largest absolute Gasteiger partial charge is 0.377 e. The van der Waals surface area contributed by atoms with Gasteiger partial charge in [0, 0.05) is 19.2 Å². The summed E-state index contributed by atoms with van der Waals surface area (Å²) in [4.78, 5) is 13.6. The highest BCUT2D eigenvalue weighted by atomic mass is 16.5. The van der Waals surface area contributed by atoms with Crippen molar-refractivity contribution in [1.82, 2.24) is 4.90 Å². The van der Waals surface area contributed by atoms with Gasteiger partial charge in [-0.1, -0.05) is 6.92 Å². The molecule has 0 bridgehead atoms. The van der Waals surface area contributed by atoms with Crippen molar-refractivity contribution in [2.45, 2.75) is 57.7 Å². The molecule has 106 valence electrons. The summed E-state index contributed by atoms with van der Waals surface area (Å²) < 4.78 is 5.65. The molecule has 5 heteroatoms. The van der Waals surface area contributed by atoms with Crippen LogP contribution in [0.4, 0.5) is 0 Å². The van der Waals surface area contributed by atoms with E-state index >= 15 is 0 Å². The molecule has 4 N–H and O–H groups in total. The molecule has 1 rings (SSSR count). The number of likely N-dealkylation sites (N-methyl/N-ethyl adjacent to an activating group) is 1. The molecular weight excluding hydrogens is 230 g/mol. The van der Waals surface area contributed by atoms with Crippen molar-refractivity contribution in [2.24, 2.45) is 11.5 Å². The standard InChI is InChI=1S/C13H27N3O2/c1-4-16(9-11-6-5-7-18-11)10(2)8-13(3,15)12(14)17/h10-11H,4-9,15H2,1-3H3,(H2,14,17). The number of hydrogen-bond donors (Lipinski definition) is 2. The van der Waals surface area contributed by atoms with Crippen LogP contribution in [-0.2, 0) is 9.53 Å². The maximum absolute atomic E-state index is 11.3. The molecule has 0 spiro atoms. The zero-order chi connectivity index (χ0) is 13.8. The summed E-state index contributed by atoms with van der Waals surface area (Å²) in [6, 6.07) is 0.224. The van der Waals surface area contributed by atoms with Crippen LogP contribution in [0.3, 0.4) is 0 Å². The van der Waals surface area contributed by atoms with Crippen LogP contribution in [0.1, 0.15) is 40.0 Å². The number of carbonyl (C=O) groups is 1. The Morgan fingerprint density at radius 2 is 2.28 bits per heavy atom. The summed E-state index contributed by atoms with van der Waals surface area (Å²) in [6.45, 7) is 8.61. The first-order valence-electron chi connectivity index (χ1n) is 6.81. The molecule has 1 amide bonds. The second kappa shape index (κ2) is 6.50. The van der Waals surface area contributed by atoms with E-state index in [0.29, 0.717) is 12.5 Å². The molecule has 3 unspecified atom stereocenters. The minimum Gasteiger partial charge on any atom is -0.377 e. The van der Waals surface area contributed by atoms with Gasteiger partial charge in [0.05, 0.1) is 11.6 Å². The third kappa shape index (κ3) is 4.23. The van der Waals surface area contributed by atoms with Crippen molar-refractivity contribution < 1.29 is 9.53 Å². The molecule has 0 saturated carbocycles. The lowest BCUT2D eigenvalue weighted by Gasteiger charge is -2.34. The highest BCUT2D eigenvalue weighted by Gasteiger charge is 2.31. The lowest BCUT2D eigenvalue weighted by atomic mass is 9.93. The summed E-state index contributed by atoms with van der Waals surface area (Å²) in [5.41, 5.74) is 10.3. The van der Waals surface area contributed by atoms with Crippen LogP contribution in [0.15, 0.2) is 0 Å². The molecule has 5 nitrogen and oxygen atoms in total. The van der Waals surface area contributed by atoms with E-state index in [4.69, 9.17) is 16.2 Å². The van der Waals surface area contributed by atoms with Crippen LogP contribution < -0.4 is 11.5 Å². The summed E-state index contributed by atoms with van der Waals surface area (Å²) in [5, 5.41) is 0. The van der Waals surface area contributed by atoms with Crippen LogP contribution in [-0.4, -0.2) is 48.2 Å². The second-order valence-corrected chi connectivity index (χ2v) is 5.56. The Morgan fingerprint density at radius 3 is 2.72 bits per heavy atom. The van der Waals surface area contributed by atoms with Crippen molar-refractivity contribution >= 4 is 5.91 Å². The Morgan fingerprint density at radius 1 is 1.61 bits per heavy atom. The number of ether oxygens (including phenoxy) is 1. The number of nitrogens with two attached hydrogens (primary N) is 2. The fourth-order valence-corrected chi connectivity index (χ4v) is 2.51. The van der Waals surface area contributed by atoms with E-state index in [1.807, 2.05) is 0 Å². The monoisotopic (exact) mass is 257 g/mol. The predicted molar refractivity (Wildman–Crippen MR) is 72.1 cm³/mol. The first-order chi connectivity index (χ1) is 8.36. The Hall–Kier alpha value is -0.650. The zero-order valence-electron chi connectivity index (χ0n) is 11.8. The van der Waals surface area contributed by atoms with Gasteiger partial charge in [0.2, 0.25) is 5.91 Å². The zero-order valence-corrected chi connectivity index (χ0v) is 11.8. The van der Waals surface area contributed by atoms with Gasteiger partial charge in [0.1, 0.15) is 0 Å². The molecule has 18 heavy (non-hydrogen) atoms. The van der Waals surface area contributed by atoms with E-state index in [1.54, 1.807) is 6.92 Å². The Balaban J connectivity index is 2.50. The molecule has 3 atom stereocenters. The topological polar surface area (TPSA) is 81.6 Å². The van der Waals surface area contributed by atoms with Crippen molar-refractivity contribution in [3.05, 3.63) is 0 Å². The van der Waals surface area contributed by atoms with Gasteiger partial charge in [-0.05, 0) is 39.7 Å². The molecule has 0 radical (unpaired) electrons. The van der Waals surface area contributed by atoms with Crippen LogP contribution in [0.2, 0.25) is 0 Å². The van der Waals surface area contributed by atoms with Gasteiger partial charge in [-0.2, -0.15) is 0 Å². The minimum atomic E-state index is -0.941. The van der Waals surface area contributed by atoms with Gasteiger partial charge in [0.15, 0.2) is 0 Å². The third-order valence-electron chi connectivity index (χ3n) is 3.77. The first-order valence-corrected chi connectivity index (χ1v) is 6.81. The van der Waals surface area contributed by atoms with E-state index < -0.39 is 11.4 Å². The predicted octanol–water partition coefficient (Wildman–Crippen LogP) is 0.469. The average molecular weight is 257 g/mol. The lowest BCUT2D eigenvalue weighted by molar-refractivity contribution is -0.123. The van der Waals surface area contributed by atoms with Crippen molar-refractivity contribution in [1.29, 1.82) is 0 Å². The van der Waals surface area contributed by atoms with Gasteiger partial charge in [-0.25, -0.2) is 0 Å². The molecule has 1 heterocycles. The highest BCUT2D eigenvalue weighted by molar-refractivity contribution is 5.83. The SMILES string of the molecule is CCN(CC1CCCO1)C(C)CC(C)(N)C(N)=O. The number of carbonyl (C=O) groups excluding carboxylic acids is 1. The lowest BCUT2D eigenvalue weighted by Crippen LogP contribution is -2.54. The molecule has 0 aromatic carbocycles. The fraction of sp³-hybridized carbons (Fsp3) is 0.923. The molecule has 1 aliphatic heterocycles. The van der Waals surface area contributed by atoms with Crippen molar-refractivity contribution in [3.63, 3.8) is 0 Å². The van der Waals surface area contributed by atoms with E-state index in [9.17, 15) is 4.79 Å². The number of primary amides is 1. The second-order valence-electron chi connectivity index (χ2n) is 5.56. The van der Waals surface area contributed by atoms with Crippen LogP contribution in [0, 0.1) is 0 Å². The maximum atomic E-state index is 11.3. The summed E-state index contributed by atoms with van der Waals surface area (Å²) in [5.74, 6) is -0.442. The quantitative estimate of drug-likeness (QED) is 0.694. The average Bonchev–Trinajstić information content (AvgIpc) is 2.77. The van der Waals surface area contributed by atoms with Gasteiger partial charge >= 0.3 is 0 Å². The van der Waals surface area contributed by atoms with Gasteiger partial charge < -0.3 is 16.2 Å². The van der Waals surface area contributed by atoms with Crippen LogP contribution in [0.25, 0.3) is 0 Å². The molecule has 1 aliphatic rings. The normalized spacial score (nSPS) is 25.1. The number of hydrogen-bond acceptors (Lipinski definition) is 4. The smallest absolute Gasteiger partial charge is 0.237 e. The Kier molecular flexibility index (Phi) is 5.56. The van der Waals surface area contributed by atoms with Crippen molar-refractivity contribution in [3.8, 4) is 0 Å². The molecule has 1 saturated heterocycles. The molecular formula is C13H27N3O2. The first kappa shape index (κ1) is 15.4. The van der Waals surface area contributed by atoms with Crippen molar-refractivity contribution in [2.75, 3.05) is 19.7 Å². The molecule has 0 aliphatic carbocycles. The van der Waals surface area contributed by atoms with Gasteiger partial charge in [-0.15, -0.1) is 0 Å². The Bertz CT molecular complexity index is 275. The van der Waals surface area contributed by atoms with E-state index in [1.165, 1.54) is 0 Å². The fourth-order valence-electron chi connectivity index (χ4n) is 2.51. The van der Waals surface area contributed by atoms with E-state index in [0.717, 1.165) is 32.5 Å². The number of nitrogens with zero attached hydrogens (tertiary/aromatic N) is 1. The van der Waals surface area contributed by atoms with E-state index in [-0.39, 0.29) is 6.04 Å². The summed E-state index contributed by atoms with van der Waals surface area (Å²) in [7, 11) is 0. The Labute approximate surface area is 110 Å². The highest BCUT2D eigenvalue weighted by Crippen LogP contribution is 2.18. The van der Waals surface area contributed by atoms with Crippen LogP contribution >= 0.6 is 0 Å². The minimum absolute atomic E-state index is 0.224. The molecule has 0 aromatic heterocycles. The molecule has 1 fully saturated rings. The number of amides is 1. The summed E-state index contributed by atoms with van der Waals surface area (Å²) >= 11 is 0. The van der Waals surface area contributed by atoms with Gasteiger partial charge in [0.25, 0.3) is 0 Å².